The predicted molar refractivity (Wildman–Crippen MR) is 176 cm³/mol. The van der Waals surface area contributed by atoms with Crippen molar-refractivity contribution in [1.82, 2.24) is 10.9 Å². The molecular formula is C34H32FN9O4. The topological polar surface area (TPSA) is 190 Å². The lowest BCUT2D eigenvalue weighted by atomic mass is 9.80. The number of amides is 1. The Hall–Kier alpha value is -5.91. The van der Waals surface area contributed by atoms with Crippen molar-refractivity contribution < 1.29 is 23.8 Å². The molecule has 3 N–H and O–H groups in total. The van der Waals surface area contributed by atoms with Gasteiger partial charge in [0.25, 0.3) is 5.91 Å². The molecule has 1 aliphatic rings. The number of hydrogen-bond acceptors (Lipinski definition) is 8. The summed E-state index contributed by atoms with van der Waals surface area (Å²) in [7, 11) is 0. The van der Waals surface area contributed by atoms with Gasteiger partial charge in [-0.3, -0.25) is 10.2 Å². The molecule has 5 rings (SSSR count). The average molecular weight is 650 g/mol. The molecule has 0 radical (unpaired) electrons. The first-order valence-corrected chi connectivity index (χ1v) is 15.1. The Morgan fingerprint density at radius 2 is 1.71 bits per heavy atom. The Morgan fingerprint density at radius 1 is 0.979 bits per heavy atom. The number of hydrogen-bond donors (Lipinski definition) is 3. The van der Waals surface area contributed by atoms with E-state index < -0.39 is 17.6 Å². The number of aliphatic hydroxyl groups is 1. The van der Waals surface area contributed by atoms with E-state index in [0.717, 1.165) is 5.56 Å². The number of carbonyl (C=O) groups excluding carboxylic acids is 1. The summed E-state index contributed by atoms with van der Waals surface area (Å²) in [4.78, 5) is 25.4. The SMILES string of the molecule is [N-]=[N+]=NCc1ccccc1C[C@]1(C(=O)NNCc2ccc(F)cc2)N=C(c2ccc(OCCCO)cc2)O[C@H]1c1ccccc1N=[N+]=[N-]. The fourth-order valence-electron chi connectivity index (χ4n) is 5.33. The van der Waals surface area contributed by atoms with Crippen molar-refractivity contribution in [2.45, 2.75) is 37.6 Å². The maximum absolute atomic E-state index is 14.5. The smallest absolute Gasteiger partial charge is 0.266 e. The quantitative estimate of drug-likeness (QED) is 0.0426. The largest absolute Gasteiger partial charge is 0.494 e. The molecule has 14 heteroatoms. The van der Waals surface area contributed by atoms with Crippen LogP contribution in [0, 0.1) is 5.82 Å². The summed E-state index contributed by atoms with van der Waals surface area (Å²) in [6.07, 6.45) is -0.581. The second-order valence-corrected chi connectivity index (χ2v) is 10.8. The standard InChI is InChI=1S/C34H32FN9O4/c35-27-14-10-23(11-15-27)21-38-42-33(46)34(20-25-6-1-2-7-26(25)22-39-43-36)31(29-8-3-4-9-30(29)41-44-37)48-32(40-34)24-12-16-28(17-13-24)47-19-5-18-45/h1-4,6-17,31,38,45H,5,18-22H2,(H,42,46)/t31-,34-/m0/s1. The van der Waals surface area contributed by atoms with E-state index in [1.54, 1.807) is 72.8 Å². The van der Waals surface area contributed by atoms with Gasteiger partial charge < -0.3 is 14.6 Å². The fraction of sp³-hybridized carbons (Fsp3) is 0.235. The van der Waals surface area contributed by atoms with Crippen LogP contribution in [0.3, 0.4) is 0 Å². The highest BCUT2D eigenvalue weighted by Crippen LogP contribution is 2.45. The van der Waals surface area contributed by atoms with Crippen LogP contribution in [0.1, 0.15) is 40.3 Å². The van der Waals surface area contributed by atoms with E-state index in [1.165, 1.54) is 12.1 Å². The van der Waals surface area contributed by atoms with Gasteiger partial charge in [-0.05, 0) is 64.2 Å². The van der Waals surface area contributed by atoms with Gasteiger partial charge in [-0.25, -0.2) is 14.8 Å². The molecule has 2 atom stereocenters. The summed E-state index contributed by atoms with van der Waals surface area (Å²) in [5.41, 5.74) is 25.8. The predicted octanol–water partition coefficient (Wildman–Crippen LogP) is 6.66. The lowest BCUT2D eigenvalue weighted by Crippen LogP contribution is -2.53. The minimum Gasteiger partial charge on any atom is -0.494 e. The van der Waals surface area contributed by atoms with E-state index >= 15 is 0 Å². The van der Waals surface area contributed by atoms with Gasteiger partial charge >= 0.3 is 0 Å². The maximum atomic E-state index is 14.5. The molecule has 0 fully saturated rings. The molecule has 1 heterocycles. The zero-order valence-corrected chi connectivity index (χ0v) is 25.7. The summed E-state index contributed by atoms with van der Waals surface area (Å²) in [5, 5.41) is 16.7. The normalized spacial score (nSPS) is 16.5. The number of hydrazine groups is 1. The minimum absolute atomic E-state index is 0.00923. The van der Waals surface area contributed by atoms with Crippen molar-refractivity contribution in [2.24, 2.45) is 15.2 Å². The lowest BCUT2D eigenvalue weighted by molar-refractivity contribution is -0.130. The number of azide groups is 2. The molecule has 13 nitrogen and oxygen atoms in total. The zero-order chi connectivity index (χ0) is 33.8. The Balaban J connectivity index is 1.60. The highest BCUT2D eigenvalue weighted by atomic mass is 19.1. The van der Waals surface area contributed by atoms with Gasteiger partial charge in [0.2, 0.25) is 5.90 Å². The number of aliphatic imine (C=N–C) groups is 1. The molecule has 0 bridgehead atoms. The van der Waals surface area contributed by atoms with Crippen molar-refractivity contribution in [2.75, 3.05) is 13.2 Å². The van der Waals surface area contributed by atoms with E-state index in [-0.39, 0.29) is 43.5 Å². The average Bonchev–Trinajstić information content (AvgIpc) is 3.49. The second-order valence-electron chi connectivity index (χ2n) is 10.8. The van der Waals surface area contributed by atoms with E-state index in [9.17, 15) is 14.7 Å². The van der Waals surface area contributed by atoms with Crippen LogP contribution in [0.5, 0.6) is 5.75 Å². The van der Waals surface area contributed by atoms with Gasteiger partial charge in [0, 0.05) is 52.6 Å². The van der Waals surface area contributed by atoms with E-state index in [0.29, 0.717) is 41.0 Å². The van der Waals surface area contributed by atoms with Gasteiger partial charge in [0.15, 0.2) is 11.6 Å². The minimum atomic E-state index is -1.67. The fourth-order valence-corrected chi connectivity index (χ4v) is 5.33. The first-order valence-electron chi connectivity index (χ1n) is 15.1. The number of halogens is 1. The Morgan fingerprint density at radius 3 is 2.44 bits per heavy atom. The number of rotatable bonds is 15. The number of benzene rings is 4. The van der Waals surface area contributed by atoms with Gasteiger partial charge in [-0.15, -0.1) is 0 Å². The zero-order valence-electron chi connectivity index (χ0n) is 25.7. The number of nitrogens with zero attached hydrogens (tertiary/aromatic N) is 7. The molecule has 1 aliphatic heterocycles. The molecule has 0 aliphatic carbocycles. The number of carbonyl (C=O) groups is 1. The van der Waals surface area contributed by atoms with Crippen LogP contribution in [-0.2, 0) is 29.0 Å². The van der Waals surface area contributed by atoms with Crippen molar-refractivity contribution in [3.63, 3.8) is 0 Å². The molecule has 0 aromatic heterocycles. The molecule has 0 saturated carbocycles. The monoisotopic (exact) mass is 649 g/mol. The molecule has 1 amide bonds. The van der Waals surface area contributed by atoms with Crippen LogP contribution in [0.2, 0.25) is 0 Å². The number of nitrogens with one attached hydrogen (secondary N) is 2. The molecule has 0 saturated heterocycles. The summed E-state index contributed by atoms with van der Waals surface area (Å²) in [6, 6.07) is 26.9. The molecule has 244 valence electrons. The van der Waals surface area contributed by atoms with Crippen LogP contribution in [0.15, 0.2) is 112 Å². The number of aliphatic hydroxyl groups excluding tert-OH is 1. The summed E-state index contributed by atoms with van der Waals surface area (Å²) in [6.45, 7) is 0.582. The Labute approximate surface area is 275 Å². The third kappa shape index (κ3) is 7.89. The second kappa shape index (κ2) is 16.1. The van der Waals surface area contributed by atoms with E-state index in [2.05, 4.69) is 30.9 Å². The van der Waals surface area contributed by atoms with Gasteiger partial charge in [-0.1, -0.05) is 70.9 Å². The first-order chi connectivity index (χ1) is 23.5. The maximum Gasteiger partial charge on any atom is 0.266 e. The summed E-state index contributed by atoms with van der Waals surface area (Å²) >= 11 is 0. The molecule has 4 aromatic rings. The van der Waals surface area contributed by atoms with Crippen LogP contribution in [-0.4, -0.2) is 35.7 Å². The number of ether oxygens (including phenoxy) is 2. The van der Waals surface area contributed by atoms with Gasteiger partial charge in [-0.2, -0.15) is 0 Å². The highest BCUT2D eigenvalue weighted by molar-refractivity contribution is 6.01. The van der Waals surface area contributed by atoms with Crippen molar-refractivity contribution in [3.8, 4) is 5.75 Å². The van der Waals surface area contributed by atoms with Crippen molar-refractivity contribution >= 4 is 17.5 Å². The molecule has 0 spiro atoms. The summed E-state index contributed by atoms with van der Waals surface area (Å²) in [5.74, 6) is -0.184. The molecular weight excluding hydrogens is 617 g/mol. The highest BCUT2D eigenvalue weighted by Gasteiger charge is 2.54. The van der Waals surface area contributed by atoms with E-state index in [4.69, 9.17) is 25.1 Å². The molecule has 4 aromatic carbocycles. The van der Waals surface area contributed by atoms with Crippen LogP contribution in [0.25, 0.3) is 20.9 Å². The first kappa shape index (κ1) is 33.5. The summed E-state index contributed by atoms with van der Waals surface area (Å²) < 4.78 is 25.7. The Bertz CT molecular complexity index is 1860. The third-order valence-corrected chi connectivity index (χ3v) is 7.69. The van der Waals surface area contributed by atoms with Gasteiger partial charge in [0.05, 0.1) is 13.2 Å². The van der Waals surface area contributed by atoms with Gasteiger partial charge in [0.1, 0.15) is 11.6 Å². The van der Waals surface area contributed by atoms with Crippen molar-refractivity contribution in [3.05, 3.63) is 152 Å². The Kier molecular flexibility index (Phi) is 11.2. The van der Waals surface area contributed by atoms with Crippen LogP contribution < -0.4 is 15.6 Å². The van der Waals surface area contributed by atoms with E-state index in [1.807, 2.05) is 12.1 Å². The van der Waals surface area contributed by atoms with Crippen molar-refractivity contribution in [1.29, 1.82) is 0 Å². The molecule has 48 heavy (non-hydrogen) atoms. The third-order valence-electron chi connectivity index (χ3n) is 7.69. The lowest BCUT2D eigenvalue weighted by Gasteiger charge is -2.32. The van der Waals surface area contributed by atoms with Crippen LogP contribution in [0.4, 0.5) is 10.1 Å². The van der Waals surface area contributed by atoms with Crippen LogP contribution >= 0.6 is 0 Å². The molecule has 0 unspecified atom stereocenters.